The third-order valence-electron chi connectivity index (χ3n) is 7.24. The molecule has 0 radical (unpaired) electrons. The van der Waals surface area contributed by atoms with Crippen molar-refractivity contribution in [2.45, 2.75) is 76.2 Å². The molecule has 0 unspecified atom stereocenters. The zero-order valence-electron chi connectivity index (χ0n) is 20.0. The number of ether oxygens (including phenoxy) is 1. The number of amides is 3. The summed E-state index contributed by atoms with van der Waals surface area (Å²) in [5.74, 6) is -6.27. The molecule has 15 heteroatoms. The number of aliphatic hydroxyl groups excluding tert-OH is 1. The van der Waals surface area contributed by atoms with Crippen molar-refractivity contribution in [1.29, 1.82) is 0 Å². The summed E-state index contributed by atoms with van der Waals surface area (Å²) in [5.41, 5.74) is -0.447. The minimum Gasteiger partial charge on any atom is -0.383 e. The van der Waals surface area contributed by atoms with E-state index in [0.29, 0.717) is 25.8 Å². The molecule has 0 aromatic rings. The molecule has 2 heterocycles. The molecule has 3 rings (SSSR count). The van der Waals surface area contributed by atoms with Crippen LogP contribution in [0.5, 0.6) is 0 Å². The van der Waals surface area contributed by atoms with Crippen molar-refractivity contribution >= 4 is 23.5 Å². The van der Waals surface area contributed by atoms with Gasteiger partial charge < -0.3 is 20.6 Å². The van der Waals surface area contributed by atoms with Crippen LogP contribution in [0.1, 0.15) is 45.4 Å². The maximum Gasteiger partial charge on any atom is 0.522 e. The monoisotopic (exact) mass is 545 g/mol. The SMILES string of the molecule is C[C@H](C[C@@H](O)C(=O)N1CC2(CC2)C[C@H]1C(=O)N[C@@H](C[C@@H]1CCNC1=O)C(=O)COC(F)(F)F)C(F)(F)F. The predicted octanol–water partition coefficient (Wildman–Crippen LogP) is 1.43. The lowest BCUT2D eigenvalue weighted by Gasteiger charge is -2.29. The van der Waals surface area contributed by atoms with Crippen molar-refractivity contribution in [1.82, 2.24) is 15.5 Å². The molecule has 2 aliphatic heterocycles. The Bertz CT molecular complexity index is 906. The van der Waals surface area contributed by atoms with Crippen LogP contribution in [0.3, 0.4) is 0 Å². The molecule has 1 spiro atoms. The Hall–Kier alpha value is -2.42. The number of Topliss-reactive ketones (excluding diaryl/α,β-unsaturated/α-hetero) is 1. The maximum absolute atomic E-state index is 13.2. The van der Waals surface area contributed by atoms with E-state index < -0.39 is 84.5 Å². The van der Waals surface area contributed by atoms with E-state index in [1.54, 1.807) is 0 Å². The van der Waals surface area contributed by atoms with Gasteiger partial charge in [-0.25, -0.2) is 0 Å². The molecule has 0 aromatic carbocycles. The van der Waals surface area contributed by atoms with Gasteiger partial charge in [-0.15, -0.1) is 13.2 Å². The Labute approximate surface area is 208 Å². The fourth-order valence-corrected chi connectivity index (χ4v) is 4.77. The van der Waals surface area contributed by atoms with E-state index in [2.05, 4.69) is 15.4 Å². The van der Waals surface area contributed by atoms with E-state index in [-0.39, 0.29) is 19.4 Å². The first-order valence-electron chi connectivity index (χ1n) is 11.9. The minimum absolute atomic E-state index is 0.0161. The molecule has 3 aliphatic rings. The van der Waals surface area contributed by atoms with Crippen LogP contribution >= 0.6 is 0 Å². The van der Waals surface area contributed by atoms with Crippen LogP contribution in [-0.2, 0) is 23.9 Å². The number of nitrogens with zero attached hydrogens (tertiary/aromatic N) is 1. The number of alkyl halides is 6. The van der Waals surface area contributed by atoms with Crippen molar-refractivity contribution in [2.24, 2.45) is 17.3 Å². The number of nitrogens with one attached hydrogen (secondary N) is 2. The summed E-state index contributed by atoms with van der Waals surface area (Å²) >= 11 is 0. The molecule has 37 heavy (non-hydrogen) atoms. The van der Waals surface area contributed by atoms with Crippen molar-refractivity contribution in [3.05, 3.63) is 0 Å². The third kappa shape index (κ3) is 7.55. The Morgan fingerprint density at radius 3 is 2.38 bits per heavy atom. The average molecular weight is 545 g/mol. The predicted molar refractivity (Wildman–Crippen MR) is 112 cm³/mol. The summed E-state index contributed by atoms with van der Waals surface area (Å²) < 4.78 is 79.7. The first-order valence-corrected chi connectivity index (χ1v) is 11.9. The van der Waals surface area contributed by atoms with Gasteiger partial charge in [0.2, 0.25) is 11.8 Å². The molecular formula is C22H29F6N3O6. The second-order valence-corrected chi connectivity index (χ2v) is 10.2. The van der Waals surface area contributed by atoms with Crippen molar-refractivity contribution in [3.63, 3.8) is 0 Å². The highest BCUT2D eigenvalue weighted by Crippen LogP contribution is 2.55. The second kappa shape index (κ2) is 10.8. The third-order valence-corrected chi connectivity index (χ3v) is 7.24. The molecule has 1 saturated carbocycles. The fourth-order valence-electron chi connectivity index (χ4n) is 4.77. The van der Waals surface area contributed by atoms with Crippen LogP contribution in [0.2, 0.25) is 0 Å². The highest BCUT2D eigenvalue weighted by molar-refractivity contribution is 5.95. The van der Waals surface area contributed by atoms with Gasteiger partial charge in [-0.05, 0) is 43.9 Å². The molecule has 3 N–H and O–H groups in total. The average Bonchev–Trinajstić information content (AvgIpc) is 3.24. The van der Waals surface area contributed by atoms with Gasteiger partial charge in [0.1, 0.15) is 18.8 Å². The van der Waals surface area contributed by atoms with Gasteiger partial charge in [0.15, 0.2) is 5.78 Å². The van der Waals surface area contributed by atoms with E-state index >= 15 is 0 Å². The number of hydrogen-bond acceptors (Lipinski definition) is 6. The van der Waals surface area contributed by atoms with Gasteiger partial charge in [0, 0.05) is 19.0 Å². The Kier molecular flexibility index (Phi) is 8.47. The normalized spacial score (nSPS) is 25.5. The Balaban J connectivity index is 1.73. The van der Waals surface area contributed by atoms with E-state index in [4.69, 9.17) is 0 Å². The van der Waals surface area contributed by atoms with Crippen LogP contribution in [0.25, 0.3) is 0 Å². The molecule has 3 fully saturated rings. The molecule has 1 aliphatic carbocycles. The number of carbonyl (C=O) groups excluding carboxylic acids is 4. The lowest BCUT2D eigenvalue weighted by Crippen LogP contribution is -2.54. The largest absolute Gasteiger partial charge is 0.522 e. The van der Waals surface area contributed by atoms with Crippen LogP contribution < -0.4 is 10.6 Å². The van der Waals surface area contributed by atoms with E-state index in [1.165, 1.54) is 0 Å². The van der Waals surface area contributed by atoms with Crippen LogP contribution in [0.4, 0.5) is 26.3 Å². The summed E-state index contributed by atoms with van der Waals surface area (Å²) in [6.45, 7) is -0.291. The Morgan fingerprint density at radius 2 is 1.86 bits per heavy atom. The topological polar surface area (TPSA) is 125 Å². The molecule has 0 aromatic heterocycles. The number of halogens is 6. The number of ketones is 1. The summed E-state index contributed by atoms with van der Waals surface area (Å²) in [5, 5.41) is 15.0. The van der Waals surface area contributed by atoms with Gasteiger partial charge in [-0.1, -0.05) is 6.92 Å². The number of rotatable bonds is 10. The highest BCUT2D eigenvalue weighted by atomic mass is 19.4. The molecular weight excluding hydrogens is 516 g/mol. The van der Waals surface area contributed by atoms with Crippen LogP contribution in [0, 0.1) is 17.3 Å². The van der Waals surface area contributed by atoms with Gasteiger partial charge in [-0.2, -0.15) is 13.2 Å². The first kappa shape index (κ1) is 29.1. The minimum atomic E-state index is -5.11. The van der Waals surface area contributed by atoms with Crippen LogP contribution in [-0.4, -0.2) is 83.9 Å². The van der Waals surface area contributed by atoms with E-state index in [1.807, 2.05) is 0 Å². The molecule has 0 bridgehead atoms. The lowest BCUT2D eigenvalue weighted by atomic mass is 9.95. The van der Waals surface area contributed by atoms with Gasteiger partial charge in [0.05, 0.1) is 12.0 Å². The standard InChI is InChI=1S/C22H29F6N3O6/c1-11(21(23,24)25)6-15(32)19(36)31-10-20(3-4-20)8-14(31)18(35)30-13(7-12-2-5-29-17(12)34)16(33)9-37-22(26,27)28/h11-15,32H,2-10H2,1H3,(H,29,34)(H,30,35)/t11-,12+,13+,14+,15-/m1/s1. The smallest absolute Gasteiger partial charge is 0.383 e. The van der Waals surface area contributed by atoms with Gasteiger partial charge in [0.25, 0.3) is 5.91 Å². The van der Waals surface area contributed by atoms with E-state index in [9.17, 15) is 50.6 Å². The van der Waals surface area contributed by atoms with Gasteiger partial charge >= 0.3 is 12.5 Å². The highest BCUT2D eigenvalue weighted by Gasteiger charge is 2.56. The maximum atomic E-state index is 13.2. The van der Waals surface area contributed by atoms with Crippen molar-refractivity contribution in [2.75, 3.05) is 19.7 Å². The fraction of sp³-hybridized carbons (Fsp3) is 0.818. The molecule has 210 valence electrons. The number of carbonyl (C=O) groups is 4. The number of hydrogen-bond donors (Lipinski definition) is 3. The summed E-state index contributed by atoms with van der Waals surface area (Å²) in [4.78, 5) is 51.5. The van der Waals surface area contributed by atoms with E-state index in [0.717, 1.165) is 11.8 Å². The lowest BCUT2D eigenvalue weighted by molar-refractivity contribution is -0.321. The van der Waals surface area contributed by atoms with Crippen molar-refractivity contribution in [3.8, 4) is 0 Å². The zero-order valence-corrected chi connectivity index (χ0v) is 20.0. The quantitative estimate of drug-likeness (QED) is 0.357. The first-order chi connectivity index (χ1) is 17.0. The summed E-state index contributed by atoms with van der Waals surface area (Å²) in [6.07, 6.45) is -11.3. The van der Waals surface area contributed by atoms with Crippen molar-refractivity contribution < 1.29 is 55.4 Å². The molecule has 2 saturated heterocycles. The number of aliphatic hydroxyl groups is 1. The zero-order chi connectivity index (χ0) is 27.8. The number of likely N-dealkylation sites (tertiary alicyclic amines) is 1. The Morgan fingerprint density at radius 1 is 1.22 bits per heavy atom. The molecule has 9 nitrogen and oxygen atoms in total. The molecule has 5 atom stereocenters. The summed E-state index contributed by atoms with van der Waals surface area (Å²) in [7, 11) is 0. The van der Waals surface area contributed by atoms with Crippen LogP contribution in [0.15, 0.2) is 0 Å². The second-order valence-electron chi connectivity index (χ2n) is 10.2. The summed E-state index contributed by atoms with van der Waals surface area (Å²) in [6, 6.07) is -2.78. The van der Waals surface area contributed by atoms with Gasteiger partial charge in [-0.3, -0.25) is 23.9 Å². The molecule has 3 amide bonds.